The average Bonchev–Trinajstić information content (AvgIpc) is 2.71. The standard InChI is InChI=1S/C13H11FN2O4/c1-7-5-10(8(2)20-7)13(17)15-12-6-9(16(18)19)3-4-11(12)14/h3-6H,1-2H3,(H,15,17). The molecule has 0 aliphatic heterocycles. The molecule has 0 unspecified atom stereocenters. The van der Waals surface area contributed by atoms with Crippen LogP contribution in [0.15, 0.2) is 28.7 Å². The predicted molar refractivity (Wildman–Crippen MR) is 69.2 cm³/mol. The minimum Gasteiger partial charge on any atom is -0.466 e. The Balaban J connectivity index is 2.30. The molecule has 0 saturated heterocycles. The highest BCUT2D eigenvalue weighted by atomic mass is 19.1. The number of halogens is 1. The van der Waals surface area contributed by atoms with E-state index in [-0.39, 0.29) is 16.9 Å². The summed E-state index contributed by atoms with van der Waals surface area (Å²) >= 11 is 0. The van der Waals surface area contributed by atoms with Crippen LogP contribution in [0.2, 0.25) is 0 Å². The quantitative estimate of drug-likeness (QED) is 0.690. The number of rotatable bonds is 3. The summed E-state index contributed by atoms with van der Waals surface area (Å²) < 4.78 is 18.8. The van der Waals surface area contributed by atoms with E-state index in [1.807, 2.05) is 0 Å². The van der Waals surface area contributed by atoms with Gasteiger partial charge in [0, 0.05) is 12.1 Å². The van der Waals surface area contributed by atoms with Gasteiger partial charge in [-0.05, 0) is 26.0 Å². The topological polar surface area (TPSA) is 85.4 Å². The van der Waals surface area contributed by atoms with Crippen LogP contribution < -0.4 is 5.32 Å². The van der Waals surface area contributed by atoms with Crippen LogP contribution in [0.25, 0.3) is 0 Å². The molecular weight excluding hydrogens is 267 g/mol. The first-order valence-corrected chi connectivity index (χ1v) is 5.71. The Bertz CT molecular complexity index is 694. The van der Waals surface area contributed by atoms with Crippen molar-refractivity contribution >= 4 is 17.3 Å². The molecule has 1 N–H and O–H groups in total. The number of carbonyl (C=O) groups excluding carboxylic acids is 1. The molecule has 0 spiro atoms. The number of nitro benzene ring substituents is 1. The van der Waals surface area contributed by atoms with Crippen molar-refractivity contribution in [3.8, 4) is 0 Å². The van der Waals surface area contributed by atoms with Crippen molar-refractivity contribution in [3.63, 3.8) is 0 Å². The molecule has 0 bridgehead atoms. The van der Waals surface area contributed by atoms with Gasteiger partial charge in [-0.25, -0.2) is 4.39 Å². The lowest BCUT2D eigenvalue weighted by atomic mass is 10.2. The zero-order valence-electron chi connectivity index (χ0n) is 10.8. The Kier molecular flexibility index (Phi) is 3.51. The molecule has 0 saturated carbocycles. The third-order valence-corrected chi connectivity index (χ3v) is 2.69. The molecule has 0 radical (unpaired) electrons. The molecule has 0 atom stereocenters. The number of hydrogen-bond acceptors (Lipinski definition) is 4. The van der Waals surface area contributed by atoms with Crippen LogP contribution in [0.4, 0.5) is 15.8 Å². The number of amides is 1. The van der Waals surface area contributed by atoms with E-state index in [1.165, 1.54) is 6.07 Å². The summed E-state index contributed by atoms with van der Waals surface area (Å²) in [6.45, 7) is 3.28. The summed E-state index contributed by atoms with van der Waals surface area (Å²) in [5.74, 6) is -0.390. The zero-order chi connectivity index (χ0) is 14.9. The minimum absolute atomic E-state index is 0.248. The first-order valence-electron chi connectivity index (χ1n) is 5.71. The van der Waals surface area contributed by atoms with Gasteiger partial charge in [0.15, 0.2) is 0 Å². The summed E-state index contributed by atoms with van der Waals surface area (Å²) in [7, 11) is 0. The number of carbonyl (C=O) groups is 1. The minimum atomic E-state index is -0.748. The van der Waals surface area contributed by atoms with Crippen molar-refractivity contribution in [1.82, 2.24) is 0 Å². The number of nitrogens with zero attached hydrogens (tertiary/aromatic N) is 1. The number of benzene rings is 1. The van der Waals surface area contributed by atoms with Gasteiger partial charge in [0.05, 0.1) is 16.2 Å². The third-order valence-electron chi connectivity index (χ3n) is 2.69. The van der Waals surface area contributed by atoms with Gasteiger partial charge >= 0.3 is 0 Å². The maximum absolute atomic E-state index is 13.6. The SMILES string of the molecule is Cc1cc(C(=O)Nc2cc([N+](=O)[O-])ccc2F)c(C)o1. The molecule has 6 nitrogen and oxygen atoms in total. The molecule has 104 valence electrons. The molecule has 0 fully saturated rings. The van der Waals surface area contributed by atoms with E-state index < -0.39 is 16.6 Å². The lowest BCUT2D eigenvalue weighted by molar-refractivity contribution is -0.384. The molecule has 0 aliphatic carbocycles. The molecule has 2 rings (SSSR count). The highest BCUT2D eigenvalue weighted by Crippen LogP contribution is 2.23. The molecule has 1 aromatic carbocycles. The summed E-state index contributed by atoms with van der Waals surface area (Å²) in [4.78, 5) is 21.9. The van der Waals surface area contributed by atoms with Crippen molar-refractivity contribution in [3.05, 3.63) is 57.3 Å². The maximum Gasteiger partial charge on any atom is 0.271 e. The number of nitro groups is 1. The van der Waals surface area contributed by atoms with E-state index in [0.717, 1.165) is 18.2 Å². The van der Waals surface area contributed by atoms with Crippen LogP contribution in [0.3, 0.4) is 0 Å². The second-order valence-corrected chi connectivity index (χ2v) is 4.20. The smallest absolute Gasteiger partial charge is 0.271 e. The number of furan rings is 1. The van der Waals surface area contributed by atoms with E-state index in [2.05, 4.69) is 5.32 Å². The van der Waals surface area contributed by atoms with Gasteiger partial charge in [0.25, 0.3) is 11.6 Å². The fourth-order valence-corrected chi connectivity index (χ4v) is 1.77. The number of hydrogen-bond donors (Lipinski definition) is 1. The first kappa shape index (κ1) is 13.7. The van der Waals surface area contributed by atoms with Crippen LogP contribution >= 0.6 is 0 Å². The number of aryl methyl sites for hydroxylation is 2. The molecule has 20 heavy (non-hydrogen) atoms. The first-order chi connectivity index (χ1) is 9.38. The Morgan fingerprint density at radius 3 is 2.60 bits per heavy atom. The lowest BCUT2D eigenvalue weighted by Crippen LogP contribution is -2.13. The van der Waals surface area contributed by atoms with E-state index in [9.17, 15) is 19.3 Å². The summed E-state index contributed by atoms with van der Waals surface area (Å²) in [6, 6.07) is 4.44. The van der Waals surface area contributed by atoms with Crippen LogP contribution in [-0.4, -0.2) is 10.8 Å². The van der Waals surface area contributed by atoms with Gasteiger partial charge in [-0.15, -0.1) is 0 Å². The zero-order valence-corrected chi connectivity index (χ0v) is 10.8. The van der Waals surface area contributed by atoms with E-state index in [0.29, 0.717) is 11.5 Å². The van der Waals surface area contributed by atoms with E-state index in [4.69, 9.17) is 4.42 Å². The lowest BCUT2D eigenvalue weighted by Gasteiger charge is -2.05. The molecule has 1 aromatic heterocycles. The Hall–Kier alpha value is -2.70. The Morgan fingerprint density at radius 1 is 1.35 bits per heavy atom. The highest BCUT2D eigenvalue weighted by molar-refractivity contribution is 6.05. The molecule has 1 amide bonds. The largest absolute Gasteiger partial charge is 0.466 e. The fraction of sp³-hybridized carbons (Fsp3) is 0.154. The Morgan fingerprint density at radius 2 is 2.05 bits per heavy atom. The van der Waals surface area contributed by atoms with Gasteiger partial charge < -0.3 is 9.73 Å². The molecular formula is C13H11FN2O4. The van der Waals surface area contributed by atoms with Gasteiger partial charge in [0.1, 0.15) is 17.3 Å². The normalized spacial score (nSPS) is 10.3. The highest BCUT2D eigenvalue weighted by Gasteiger charge is 2.17. The van der Waals surface area contributed by atoms with Gasteiger partial charge in [-0.2, -0.15) is 0 Å². The predicted octanol–water partition coefficient (Wildman–Crippen LogP) is 3.20. The fourth-order valence-electron chi connectivity index (χ4n) is 1.77. The van der Waals surface area contributed by atoms with Crippen LogP contribution in [-0.2, 0) is 0 Å². The van der Waals surface area contributed by atoms with Crippen molar-refractivity contribution in [1.29, 1.82) is 0 Å². The van der Waals surface area contributed by atoms with Gasteiger partial charge in [0.2, 0.25) is 0 Å². The second-order valence-electron chi connectivity index (χ2n) is 4.20. The summed E-state index contributed by atoms with van der Waals surface area (Å²) in [6.07, 6.45) is 0. The summed E-state index contributed by atoms with van der Waals surface area (Å²) in [5.41, 5.74) is -0.294. The number of anilines is 1. The van der Waals surface area contributed by atoms with Crippen molar-refractivity contribution in [2.45, 2.75) is 13.8 Å². The molecule has 0 aliphatic rings. The van der Waals surface area contributed by atoms with Crippen molar-refractivity contribution < 1.29 is 18.5 Å². The van der Waals surface area contributed by atoms with Crippen LogP contribution in [0.5, 0.6) is 0 Å². The van der Waals surface area contributed by atoms with Crippen LogP contribution in [0.1, 0.15) is 21.9 Å². The molecule has 2 aromatic rings. The van der Waals surface area contributed by atoms with Gasteiger partial charge in [-0.3, -0.25) is 14.9 Å². The van der Waals surface area contributed by atoms with E-state index in [1.54, 1.807) is 13.8 Å². The van der Waals surface area contributed by atoms with Crippen molar-refractivity contribution in [2.24, 2.45) is 0 Å². The summed E-state index contributed by atoms with van der Waals surface area (Å²) in [5, 5.41) is 12.9. The Labute approximate surface area is 113 Å². The number of non-ortho nitro benzene ring substituents is 1. The monoisotopic (exact) mass is 278 g/mol. The maximum atomic E-state index is 13.6. The van der Waals surface area contributed by atoms with Gasteiger partial charge in [-0.1, -0.05) is 0 Å². The number of nitrogens with one attached hydrogen (secondary N) is 1. The molecule has 7 heteroatoms. The second kappa shape index (κ2) is 5.12. The van der Waals surface area contributed by atoms with Crippen LogP contribution in [0, 0.1) is 29.8 Å². The third kappa shape index (κ3) is 2.66. The van der Waals surface area contributed by atoms with E-state index >= 15 is 0 Å². The van der Waals surface area contributed by atoms with Crippen molar-refractivity contribution in [2.75, 3.05) is 5.32 Å². The molecule has 1 heterocycles. The average molecular weight is 278 g/mol.